The largest absolute Gasteiger partial charge is 0.419 e. The van der Waals surface area contributed by atoms with Crippen LogP contribution in [-0.2, 0) is 6.54 Å². The molecule has 1 N–H and O–H groups in total. The Balaban J connectivity index is 2.36. The molecule has 0 fully saturated rings. The smallest absolute Gasteiger partial charge is 0.408 e. The Labute approximate surface area is 126 Å². The molecule has 21 heavy (non-hydrogen) atoms. The van der Waals surface area contributed by atoms with Gasteiger partial charge in [0.1, 0.15) is 0 Å². The van der Waals surface area contributed by atoms with Crippen molar-refractivity contribution in [3.63, 3.8) is 0 Å². The maximum Gasteiger partial charge on any atom is 0.419 e. The van der Waals surface area contributed by atoms with Gasteiger partial charge in [-0.25, -0.2) is 4.79 Å². The van der Waals surface area contributed by atoms with Crippen LogP contribution in [0.15, 0.2) is 27.4 Å². The summed E-state index contributed by atoms with van der Waals surface area (Å²) in [5.41, 5.74) is 2.76. The molecule has 1 unspecified atom stereocenters. The molecule has 0 aliphatic carbocycles. The van der Waals surface area contributed by atoms with Gasteiger partial charge < -0.3 is 9.73 Å². The number of aryl methyl sites for hydroxylation is 1. The van der Waals surface area contributed by atoms with E-state index in [0.29, 0.717) is 24.1 Å². The van der Waals surface area contributed by atoms with E-state index < -0.39 is 0 Å². The van der Waals surface area contributed by atoms with Gasteiger partial charge in [0.15, 0.2) is 5.58 Å². The van der Waals surface area contributed by atoms with Crippen LogP contribution in [0.25, 0.3) is 11.1 Å². The standard InChI is InChI=1S/C17H26N2O2/c1-5-9-18-14(10-12(3)4)13-7-8-15-16(11-13)21-17(20)19(15)6-2/h7-8,11-12,14,18H,5-6,9-10H2,1-4H3. The van der Waals surface area contributed by atoms with Crippen molar-refractivity contribution >= 4 is 11.1 Å². The summed E-state index contributed by atoms with van der Waals surface area (Å²) < 4.78 is 7.03. The fourth-order valence-corrected chi connectivity index (χ4v) is 2.73. The van der Waals surface area contributed by atoms with E-state index in [1.807, 2.05) is 19.1 Å². The summed E-state index contributed by atoms with van der Waals surface area (Å²) in [6.07, 6.45) is 2.18. The van der Waals surface area contributed by atoms with E-state index in [1.165, 1.54) is 5.56 Å². The minimum absolute atomic E-state index is 0.272. The van der Waals surface area contributed by atoms with Gasteiger partial charge in [0, 0.05) is 12.6 Å². The highest BCUT2D eigenvalue weighted by atomic mass is 16.4. The zero-order valence-electron chi connectivity index (χ0n) is 13.5. The summed E-state index contributed by atoms with van der Waals surface area (Å²) in [7, 11) is 0. The normalized spacial score (nSPS) is 13.2. The average molecular weight is 290 g/mol. The molecule has 0 aliphatic rings. The van der Waals surface area contributed by atoms with Gasteiger partial charge in [-0.1, -0.05) is 26.8 Å². The van der Waals surface area contributed by atoms with Crippen molar-refractivity contribution in [1.82, 2.24) is 9.88 Å². The molecular weight excluding hydrogens is 264 g/mol. The molecule has 1 aromatic carbocycles. The fraction of sp³-hybridized carbons (Fsp3) is 0.588. The number of aromatic nitrogens is 1. The van der Waals surface area contributed by atoms with Crippen LogP contribution in [-0.4, -0.2) is 11.1 Å². The topological polar surface area (TPSA) is 47.2 Å². The van der Waals surface area contributed by atoms with E-state index in [2.05, 4.69) is 32.2 Å². The van der Waals surface area contributed by atoms with Gasteiger partial charge >= 0.3 is 5.76 Å². The predicted octanol–water partition coefficient (Wildman–Crippen LogP) is 3.70. The minimum atomic E-state index is -0.272. The highest BCUT2D eigenvalue weighted by Gasteiger charge is 2.15. The molecule has 0 bridgehead atoms. The molecule has 116 valence electrons. The third-order valence-corrected chi connectivity index (χ3v) is 3.76. The highest BCUT2D eigenvalue weighted by Crippen LogP contribution is 2.25. The Morgan fingerprint density at radius 3 is 2.67 bits per heavy atom. The van der Waals surface area contributed by atoms with E-state index >= 15 is 0 Å². The molecular formula is C17H26N2O2. The second-order valence-corrected chi connectivity index (χ2v) is 5.98. The number of nitrogens with zero attached hydrogens (tertiary/aromatic N) is 1. The number of fused-ring (bicyclic) bond motifs is 1. The molecule has 0 saturated carbocycles. The summed E-state index contributed by atoms with van der Waals surface area (Å²) in [5.74, 6) is 0.342. The first-order valence-electron chi connectivity index (χ1n) is 7.93. The Hall–Kier alpha value is -1.55. The van der Waals surface area contributed by atoms with E-state index in [0.717, 1.165) is 24.9 Å². The van der Waals surface area contributed by atoms with Crippen LogP contribution in [0, 0.1) is 5.92 Å². The third-order valence-electron chi connectivity index (χ3n) is 3.76. The quantitative estimate of drug-likeness (QED) is 0.845. The van der Waals surface area contributed by atoms with Gasteiger partial charge in [-0.05, 0) is 49.9 Å². The van der Waals surface area contributed by atoms with Crippen LogP contribution < -0.4 is 11.1 Å². The first-order valence-corrected chi connectivity index (χ1v) is 7.93. The molecule has 0 amide bonds. The molecule has 4 heteroatoms. The molecule has 0 saturated heterocycles. The van der Waals surface area contributed by atoms with Crippen LogP contribution in [0.4, 0.5) is 0 Å². The number of rotatable bonds is 7. The summed E-state index contributed by atoms with van der Waals surface area (Å²) in [6, 6.07) is 6.43. The monoisotopic (exact) mass is 290 g/mol. The van der Waals surface area contributed by atoms with Crippen LogP contribution in [0.1, 0.15) is 52.1 Å². The summed E-state index contributed by atoms with van der Waals surface area (Å²) in [5, 5.41) is 3.59. The molecule has 2 rings (SSSR count). The first kappa shape index (κ1) is 15.8. The van der Waals surface area contributed by atoms with Gasteiger partial charge in [-0.3, -0.25) is 4.57 Å². The van der Waals surface area contributed by atoms with Gasteiger partial charge in [0.05, 0.1) is 5.52 Å². The molecule has 0 aliphatic heterocycles. The zero-order valence-corrected chi connectivity index (χ0v) is 13.5. The molecule has 1 atom stereocenters. The van der Waals surface area contributed by atoms with Crippen molar-refractivity contribution in [3.8, 4) is 0 Å². The fourth-order valence-electron chi connectivity index (χ4n) is 2.73. The van der Waals surface area contributed by atoms with Gasteiger partial charge in [0.2, 0.25) is 0 Å². The Morgan fingerprint density at radius 2 is 2.05 bits per heavy atom. The van der Waals surface area contributed by atoms with Crippen molar-refractivity contribution in [2.45, 2.75) is 53.1 Å². The lowest BCUT2D eigenvalue weighted by Crippen LogP contribution is -2.23. The maximum atomic E-state index is 11.8. The lowest BCUT2D eigenvalue weighted by atomic mass is 9.96. The molecule has 4 nitrogen and oxygen atoms in total. The summed E-state index contributed by atoms with van der Waals surface area (Å²) in [6.45, 7) is 10.2. The zero-order chi connectivity index (χ0) is 15.4. The van der Waals surface area contributed by atoms with Crippen molar-refractivity contribution in [2.75, 3.05) is 6.54 Å². The van der Waals surface area contributed by atoms with Crippen molar-refractivity contribution < 1.29 is 4.42 Å². The minimum Gasteiger partial charge on any atom is -0.408 e. The molecule has 1 heterocycles. The van der Waals surface area contributed by atoms with Crippen LogP contribution in [0.2, 0.25) is 0 Å². The maximum absolute atomic E-state index is 11.8. The number of oxazole rings is 1. The third kappa shape index (κ3) is 3.56. The molecule has 1 aromatic heterocycles. The SMILES string of the molecule is CCCNC(CC(C)C)c1ccc2c(c1)oc(=O)n2CC. The van der Waals surface area contributed by atoms with E-state index in [1.54, 1.807) is 4.57 Å². The second kappa shape index (κ2) is 6.94. The summed E-state index contributed by atoms with van der Waals surface area (Å²) >= 11 is 0. The van der Waals surface area contributed by atoms with Crippen LogP contribution in [0.5, 0.6) is 0 Å². The van der Waals surface area contributed by atoms with E-state index in [-0.39, 0.29) is 5.76 Å². The number of hydrogen-bond acceptors (Lipinski definition) is 3. The van der Waals surface area contributed by atoms with E-state index in [9.17, 15) is 4.79 Å². The Bertz CT molecular complexity index is 640. The van der Waals surface area contributed by atoms with Crippen LogP contribution >= 0.6 is 0 Å². The lowest BCUT2D eigenvalue weighted by molar-refractivity contribution is 0.430. The predicted molar refractivity (Wildman–Crippen MR) is 86.6 cm³/mol. The van der Waals surface area contributed by atoms with Crippen molar-refractivity contribution in [1.29, 1.82) is 0 Å². The Kier molecular flexibility index (Phi) is 5.23. The van der Waals surface area contributed by atoms with Gasteiger partial charge in [-0.15, -0.1) is 0 Å². The number of nitrogens with one attached hydrogen (secondary N) is 1. The second-order valence-electron chi connectivity index (χ2n) is 5.98. The van der Waals surface area contributed by atoms with Gasteiger partial charge in [0.25, 0.3) is 0 Å². The lowest BCUT2D eigenvalue weighted by Gasteiger charge is -2.21. The molecule has 2 aromatic rings. The molecule has 0 radical (unpaired) electrons. The summed E-state index contributed by atoms with van der Waals surface area (Å²) in [4.78, 5) is 11.8. The van der Waals surface area contributed by atoms with E-state index in [4.69, 9.17) is 4.42 Å². The van der Waals surface area contributed by atoms with Crippen LogP contribution in [0.3, 0.4) is 0 Å². The van der Waals surface area contributed by atoms with Gasteiger partial charge in [-0.2, -0.15) is 0 Å². The van der Waals surface area contributed by atoms with Crippen molar-refractivity contribution in [3.05, 3.63) is 34.3 Å². The first-order chi connectivity index (χ1) is 10.1. The average Bonchev–Trinajstić information content (AvgIpc) is 2.77. The number of hydrogen-bond donors (Lipinski definition) is 1. The Morgan fingerprint density at radius 1 is 1.29 bits per heavy atom. The molecule has 0 spiro atoms. The highest BCUT2D eigenvalue weighted by molar-refractivity contribution is 5.73. The number of benzene rings is 1. The van der Waals surface area contributed by atoms with Crippen molar-refractivity contribution in [2.24, 2.45) is 5.92 Å².